The first-order chi connectivity index (χ1) is 1.73. The molecule has 0 aromatic rings. The van der Waals surface area contributed by atoms with Gasteiger partial charge in [0, 0.05) is 10.2 Å². The van der Waals surface area contributed by atoms with Gasteiger partial charge in [0.1, 0.15) is 0 Å². The highest BCUT2D eigenvalue weighted by Crippen LogP contribution is 1.90. The lowest BCUT2D eigenvalue weighted by Gasteiger charge is -1.72. The van der Waals surface area contributed by atoms with Gasteiger partial charge in [0.25, 0.3) is 0 Å². The third-order valence-corrected chi connectivity index (χ3v) is 0. The van der Waals surface area contributed by atoms with E-state index < -0.39 is 0 Å². The van der Waals surface area contributed by atoms with Gasteiger partial charge in [-0.15, -0.1) is 23.2 Å². The number of halogens is 2. The first-order valence-corrected chi connectivity index (χ1v) is 3.04. The molecule has 0 fully saturated rings. The second-order valence-electron chi connectivity index (χ2n) is 0.519. The minimum atomic E-state index is -0.0833. The fourth-order valence-electron chi connectivity index (χ4n) is 0. The Morgan fingerprint density at radius 2 is 1.50 bits per heavy atom. The number of alkyl halides is 2. The summed E-state index contributed by atoms with van der Waals surface area (Å²) in [4.78, 5) is 0. The van der Waals surface area contributed by atoms with E-state index in [4.69, 9.17) is 23.2 Å². The van der Waals surface area contributed by atoms with E-state index in [1.807, 2.05) is 0 Å². The molecule has 3 heteroatoms. The maximum Gasteiger partial charge on any atom is 0.0873 e. The maximum atomic E-state index is 5.10. The molecule has 0 aliphatic rings. The van der Waals surface area contributed by atoms with Gasteiger partial charge in [0.15, 0.2) is 0 Å². The number of hydrogen-bond acceptors (Lipinski definition) is 0. The molecule has 0 aliphatic carbocycles. The van der Waals surface area contributed by atoms with Crippen LogP contribution in [0.5, 0.6) is 0 Å². The molecule has 0 bridgehead atoms. The van der Waals surface area contributed by atoms with E-state index in [1.165, 1.54) is 0 Å². The van der Waals surface area contributed by atoms with Crippen LogP contribution in [-0.2, 0) is 0 Å². The monoisotopic (exact) mass is 114 g/mol. The summed E-state index contributed by atoms with van der Waals surface area (Å²) in [5.41, 5.74) is 0. The molecule has 0 atom stereocenters. The minimum Gasteiger partial charge on any atom is -0.111 e. The van der Waals surface area contributed by atoms with Crippen LogP contribution < -0.4 is 0 Å². The van der Waals surface area contributed by atoms with Gasteiger partial charge >= 0.3 is 0 Å². The summed E-state index contributed by atoms with van der Waals surface area (Å²) >= 11 is 10.2. The fraction of sp³-hybridized carbons (Fsp3) is 1.00. The molecule has 0 amide bonds. The second-order valence-corrected chi connectivity index (χ2v) is 4.67. The molecule has 0 nitrogen and oxygen atoms in total. The van der Waals surface area contributed by atoms with Gasteiger partial charge < -0.3 is 0 Å². The van der Waals surface area contributed by atoms with Crippen molar-refractivity contribution in [1.29, 1.82) is 0 Å². The summed E-state index contributed by atoms with van der Waals surface area (Å²) < 4.78 is -0.0833. The zero-order valence-electron chi connectivity index (χ0n) is 2.33. The average molecular weight is 115 g/mol. The first-order valence-electron chi connectivity index (χ1n) is 1.01. The Morgan fingerprint density at radius 1 is 1.50 bits per heavy atom. The van der Waals surface area contributed by atoms with Crippen LogP contribution in [0, 0.1) is 0 Å². The standard InChI is InChI=1S/CH4Cl2Si/c2-1(3)4/h1H,4H3. The largest absolute Gasteiger partial charge is 0.111 e. The van der Waals surface area contributed by atoms with Crippen molar-refractivity contribution >= 4 is 33.4 Å². The normalized spacial score (nSPS) is 9.75. The molecule has 0 aromatic heterocycles. The van der Waals surface area contributed by atoms with Gasteiger partial charge in [0.2, 0.25) is 0 Å². The highest BCUT2D eigenvalue weighted by molar-refractivity contribution is 6.60. The van der Waals surface area contributed by atoms with E-state index in [0.717, 1.165) is 10.2 Å². The molecule has 0 saturated heterocycles. The Labute approximate surface area is 38.5 Å². The van der Waals surface area contributed by atoms with E-state index in [1.54, 1.807) is 0 Å². The lowest BCUT2D eigenvalue weighted by molar-refractivity contribution is 1.96. The Kier molecular flexibility index (Phi) is 2.47. The van der Waals surface area contributed by atoms with Crippen molar-refractivity contribution in [2.24, 2.45) is 0 Å². The summed E-state index contributed by atoms with van der Waals surface area (Å²) in [7, 11) is 0.880. The van der Waals surface area contributed by atoms with Crippen LogP contribution >= 0.6 is 23.2 Å². The average Bonchev–Trinajstić information content (AvgIpc) is 0.811. The topological polar surface area (TPSA) is 0 Å². The SMILES string of the molecule is [SiH3]C(Cl)Cl. The van der Waals surface area contributed by atoms with Crippen molar-refractivity contribution in [1.82, 2.24) is 0 Å². The third-order valence-electron chi connectivity index (χ3n) is 0. The van der Waals surface area contributed by atoms with Gasteiger partial charge in [-0.2, -0.15) is 0 Å². The first kappa shape index (κ1) is 4.80. The smallest absolute Gasteiger partial charge is 0.0873 e. The molecule has 0 aliphatic heterocycles. The molecule has 0 spiro atoms. The molecule has 26 valence electrons. The Bertz CT molecular complexity index is 10.8. The summed E-state index contributed by atoms with van der Waals surface area (Å²) in [6.45, 7) is 0. The van der Waals surface area contributed by atoms with Crippen LogP contribution in [0.4, 0.5) is 0 Å². The van der Waals surface area contributed by atoms with E-state index >= 15 is 0 Å². The van der Waals surface area contributed by atoms with E-state index in [9.17, 15) is 0 Å². The van der Waals surface area contributed by atoms with E-state index in [0.29, 0.717) is 0 Å². The second kappa shape index (κ2) is 2.06. The fourth-order valence-corrected chi connectivity index (χ4v) is 0. The Balaban J connectivity index is 2.32. The predicted octanol–water partition coefficient (Wildman–Crippen LogP) is 0.113. The zero-order valence-corrected chi connectivity index (χ0v) is 5.85. The van der Waals surface area contributed by atoms with Crippen molar-refractivity contribution in [3.63, 3.8) is 0 Å². The van der Waals surface area contributed by atoms with Crippen LogP contribution in [0.1, 0.15) is 0 Å². The van der Waals surface area contributed by atoms with Crippen LogP contribution in [-0.4, -0.2) is 14.7 Å². The van der Waals surface area contributed by atoms with Crippen molar-refractivity contribution in [3.05, 3.63) is 0 Å². The third kappa shape index (κ3) is 14.2. The molecule has 0 saturated carbocycles. The van der Waals surface area contributed by atoms with Gasteiger partial charge in [-0.25, -0.2) is 0 Å². The van der Waals surface area contributed by atoms with Crippen molar-refractivity contribution in [2.45, 2.75) is 4.46 Å². The van der Waals surface area contributed by atoms with Crippen molar-refractivity contribution < 1.29 is 0 Å². The quantitative estimate of drug-likeness (QED) is 0.310. The van der Waals surface area contributed by atoms with Crippen molar-refractivity contribution in [2.75, 3.05) is 0 Å². The van der Waals surface area contributed by atoms with Gasteiger partial charge in [0.05, 0.1) is 4.46 Å². The predicted molar refractivity (Wildman–Crippen MR) is 25.4 cm³/mol. The highest BCUT2D eigenvalue weighted by atomic mass is 35.5. The lowest BCUT2D eigenvalue weighted by Crippen LogP contribution is -1.75. The molecule has 0 heterocycles. The number of hydrogen-bond donors (Lipinski definition) is 0. The molecular weight excluding hydrogens is 111 g/mol. The van der Waals surface area contributed by atoms with Gasteiger partial charge in [-0.3, -0.25) is 0 Å². The molecular formula is CH4Cl2Si. The van der Waals surface area contributed by atoms with Gasteiger partial charge in [-0.1, -0.05) is 0 Å². The molecule has 0 unspecified atom stereocenters. The van der Waals surface area contributed by atoms with Crippen LogP contribution in [0.2, 0.25) is 0 Å². The summed E-state index contributed by atoms with van der Waals surface area (Å²) in [5.74, 6) is 0. The van der Waals surface area contributed by atoms with Crippen molar-refractivity contribution in [3.8, 4) is 0 Å². The molecule has 0 radical (unpaired) electrons. The minimum absolute atomic E-state index is 0.0833. The Hall–Kier alpha value is 0.797. The van der Waals surface area contributed by atoms with E-state index in [2.05, 4.69) is 0 Å². The lowest BCUT2D eigenvalue weighted by atomic mass is 11.9. The maximum absolute atomic E-state index is 5.10. The summed E-state index contributed by atoms with van der Waals surface area (Å²) in [5, 5.41) is 0. The molecule has 4 heavy (non-hydrogen) atoms. The van der Waals surface area contributed by atoms with Crippen LogP contribution in [0.15, 0.2) is 0 Å². The molecule has 0 aromatic carbocycles. The molecule has 0 rings (SSSR count). The highest BCUT2D eigenvalue weighted by Gasteiger charge is 1.75. The summed E-state index contributed by atoms with van der Waals surface area (Å²) in [6.07, 6.45) is 0. The van der Waals surface area contributed by atoms with E-state index in [-0.39, 0.29) is 4.46 Å². The molecule has 0 N–H and O–H groups in total. The zero-order chi connectivity index (χ0) is 3.58. The van der Waals surface area contributed by atoms with Gasteiger partial charge in [-0.05, 0) is 0 Å². The summed E-state index contributed by atoms with van der Waals surface area (Å²) in [6, 6.07) is 0. The number of rotatable bonds is 0. The van der Waals surface area contributed by atoms with Crippen LogP contribution in [0.25, 0.3) is 0 Å². The Morgan fingerprint density at radius 3 is 1.50 bits per heavy atom. The van der Waals surface area contributed by atoms with Crippen LogP contribution in [0.3, 0.4) is 0 Å².